The standard InChI is InChI=1S/C29H34F2N6O4/c1-4-27(38)34-25-13-19(32-9-10-33-21-16-29(30,31)17-21)7-8-24(25)28(39)35-26-14-20(36-37-26)6-5-18-11-22(40-2)15-23(12-18)41-3/h4,7-8,11-15,21,32-33H,1,5-6,9-10,16-17H2,2-3H3,(H,34,38)(H2,35,36,37,39). The molecule has 1 aliphatic carbocycles. The number of benzene rings is 2. The first-order valence-electron chi connectivity index (χ1n) is 13.2. The lowest BCUT2D eigenvalue weighted by molar-refractivity contribution is -0.111. The van der Waals surface area contributed by atoms with Gasteiger partial charge in [-0.25, -0.2) is 8.78 Å². The molecule has 41 heavy (non-hydrogen) atoms. The summed E-state index contributed by atoms with van der Waals surface area (Å²) in [5, 5.41) is 18.8. The second kappa shape index (κ2) is 13.3. The molecule has 0 unspecified atom stereocenters. The molecule has 0 aliphatic heterocycles. The first kappa shape index (κ1) is 29.5. The molecule has 0 saturated heterocycles. The normalized spacial score (nSPS) is 14.0. The Kier molecular flexibility index (Phi) is 9.56. The van der Waals surface area contributed by atoms with Crippen molar-refractivity contribution in [2.24, 2.45) is 0 Å². The zero-order valence-electron chi connectivity index (χ0n) is 23.0. The smallest absolute Gasteiger partial charge is 0.258 e. The summed E-state index contributed by atoms with van der Waals surface area (Å²) in [6.07, 6.45) is 2.11. The minimum Gasteiger partial charge on any atom is -0.497 e. The topological polar surface area (TPSA) is 129 Å². The van der Waals surface area contributed by atoms with Crippen LogP contribution in [-0.2, 0) is 17.6 Å². The maximum atomic E-state index is 13.1. The molecule has 12 heteroatoms. The average Bonchev–Trinajstić information content (AvgIpc) is 3.39. The fourth-order valence-electron chi connectivity index (χ4n) is 4.46. The molecule has 0 radical (unpaired) electrons. The largest absolute Gasteiger partial charge is 0.497 e. The summed E-state index contributed by atoms with van der Waals surface area (Å²) in [4.78, 5) is 25.2. The molecule has 1 heterocycles. The van der Waals surface area contributed by atoms with Crippen LogP contribution < -0.4 is 30.7 Å². The lowest BCUT2D eigenvalue weighted by Gasteiger charge is -2.35. The van der Waals surface area contributed by atoms with E-state index in [-0.39, 0.29) is 30.1 Å². The molecule has 4 rings (SSSR count). The Hall–Kier alpha value is -4.45. The van der Waals surface area contributed by atoms with E-state index in [9.17, 15) is 18.4 Å². The number of hydrogen-bond acceptors (Lipinski definition) is 7. The zero-order chi connectivity index (χ0) is 29.4. The third-order valence-corrected chi connectivity index (χ3v) is 6.64. The summed E-state index contributed by atoms with van der Waals surface area (Å²) in [6.45, 7) is 4.43. The van der Waals surface area contributed by atoms with Gasteiger partial charge in [-0.2, -0.15) is 5.10 Å². The number of aryl methyl sites for hydroxylation is 2. The zero-order valence-corrected chi connectivity index (χ0v) is 23.0. The SMILES string of the molecule is C=CC(=O)Nc1cc(NCCNC2CC(F)(F)C2)ccc1C(=O)Nc1cc(CCc2cc(OC)cc(OC)c2)n[nH]1. The van der Waals surface area contributed by atoms with Crippen molar-refractivity contribution in [2.75, 3.05) is 43.3 Å². The van der Waals surface area contributed by atoms with Gasteiger partial charge < -0.3 is 30.7 Å². The first-order chi connectivity index (χ1) is 19.7. The second-order valence-electron chi connectivity index (χ2n) is 9.74. The van der Waals surface area contributed by atoms with Crippen molar-refractivity contribution in [1.82, 2.24) is 15.5 Å². The number of rotatable bonds is 14. The lowest BCUT2D eigenvalue weighted by Crippen LogP contribution is -2.49. The Bertz CT molecular complexity index is 1360. The quantitative estimate of drug-likeness (QED) is 0.144. The number of anilines is 3. The van der Waals surface area contributed by atoms with Gasteiger partial charge in [-0.15, -0.1) is 0 Å². The van der Waals surface area contributed by atoms with Gasteiger partial charge in [0.15, 0.2) is 0 Å². The minimum absolute atomic E-state index is 0.149. The molecule has 10 nitrogen and oxygen atoms in total. The second-order valence-corrected chi connectivity index (χ2v) is 9.74. The molecule has 3 aromatic rings. The minimum atomic E-state index is -2.57. The van der Waals surface area contributed by atoms with Crippen molar-refractivity contribution in [1.29, 1.82) is 0 Å². The number of carbonyl (C=O) groups excluding carboxylic acids is 2. The van der Waals surface area contributed by atoms with Gasteiger partial charge >= 0.3 is 0 Å². The van der Waals surface area contributed by atoms with E-state index in [2.05, 4.69) is 38.0 Å². The highest BCUT2D eigenvalue weighted by Crippen LogP contribution is 2.37. The molecule has 1 aromatic heterocycles. The summed E-state index contributed by atoms with van der Waals surface area (Å²) in [5.41, 5.74) is 2.95. The van der Waals surface area contributed by atoms with E-state index < -0.39 is 17.7 Å². The van der Waals surface area contributed by atoms with Crippen LogP contribution in [0.25, 0.3) is 0 Å². The van der Waals surface area contributed by atoms with E-state index in [0.29, 0.717) is 48.9 Å². The third-order valence-electron chi connectivity index (χ3n) is 6.64. The van der Waals surface area contributed by atoms with Crippen LogP contribution in [0.4, 0.5) is 26.0 Å². The van der Waals surface area contributed by atoms with E-state index in [1.165, 1.54) is 0 Å². The van der Waals surface area contributed by atoms with Crippen LogP contribution in [0.15, 0.2) is 55.1 Å². The summed E-state index contributed by atoms with van der Waals surface area (Å²) in [5.74, 6) is -1.68. The highest BCUT2D eigenvalue weighted by atomic mass is 19.3. The monoisotopic (exact) mass is 568 g/mol. The van der Waals surface area contributed by atoms with Gasteiger partial charge in [0.25, 0.3) is 11.8 Å². The van der Waals surface area contributed by atoms with Gasteiger partial charge in [0.1, 0.15) is 17.3 Å². The van der Waals surface area contributed by atoms with Crippen LogP contribution in [-0.4, -0.2) is 61.3 Å². The van der Waals surface area contributed by atoms with Crippen LogP contribution in [0.2, 0.25) is 0 Å². The molecule has 0 bridgehead atoms. The van der Waals surface area contributed by atoms with Gasteiger partial charge in [0.05, 0.1) is 31.2 Å². The Morgan fingerprint density at radius 3 is 2.44 bits per heavy atom. The third kappa shape index (κ3) is 8.27. The predicted molar refractivity (Wildman–Crippen MR) is 153 cm³/mol. The van der Waals surface area contributed by atoms with E-state index >= 15 is 0 Å². The molecule has 1 saturated carbocycles. The maximum Gasteiger partial charge on any atom is 0.258 e. The Morgan fingerprint density at radius 1 is 1.05 bits per heavy atom. The van der Waals surface area contributed by atoms with Crippen LogP contribution in [0.5, 0.6) is 11.5 Å². The summed E-state index contributed by atoms with van der Waals surface area (Å²) >= 11 is 0. The molecule has 2 amide bonds. The number of nitrogens with zero attached hydrogens (tertiary/aromatic N) is 1. The van der Waals surface area contributed by atoms with Crippen molar-refractivity contribution in [2.45, 2.75) is 37.6 Å². The van der Waals surface area contributed by atoms with Gasteiger partial charge in [0, 0.05) is 49.8 Å². The molecule has 0 spiro atoms. The molecule has 5 N–H and O–H groups in total. The lowest BCUT2D eigenvalue weighted by atomic mass is 9.88. The molecular formula is C29H34F2N6O4. The molecule has 1 fully saturated rings. The number of ether oxygens (including phenoxy) is 2. The number of carbonyl (C=O) groups is 2. The summed E-state index contributed by atoms with van der Waals surface area (Å²) in [6, 6.07) is 12.2. The highest BCUT2D eigenvalue weighted by molar-refractivity contribution is 6.11. The van der Waals surface area contributed by atoms with Crippen molar-refractivity contribution in [3.8, 4) is 11.5 Å². The maximum absolute atomic E-state index is 13.1. The van der Waals surface area contributed by atoms with Crippen LogP contribution in [0.3, 0.4) is 0 Å². The molecular weight excluding hydrogens is 534 g/mol. The number of hydrogen-bond donors (Lipinski definition) is 5. The van der Waals surface area contributed by atoms with E-state index in [4.69, 9.17) is 9.47 Å². The van der Waals surface area contributed by atoms with Gasteiger partial charge in [-0.1, -0.05) is 6.58 Å². The van der Waals surface area contributed by atoms with Crippen molar-refractivity contribution in [3.63, 3.8) is 0 Å². The Morgan fingerprint density at radius 2 is 1.78 bits per heavy atom. The number of aromatic nitrogens is 2. The van der Waals surface area contributed by atoms with Gasteiger partial charge in [0.2, 0.25) is 5.91 Å². The number of alkyl halides is 2. The summed E-state index contributed by atoms with van der Waals surface area (Å²) < 4.78 is 36.6. The number of aromatic amines is 1. The number of amides is 2. The number of methoxy groups -OCH3 is 2. The van der Waals surface area contributed by atoms with Gasteiger partial charge in [-0.3, -0.25) is 14.7 Å². The van der Waals surface area contributed by atoms with Crippen LogP contribution >= 0.6 is 0 Å². The Labute approximate surface area is 236 Å². The van der Waals surface area contributed by atoms with Crippen LogP contribution in [0.1, 0.15) is 34.5 Å². The fourth-order valence-corrected chi connectivity index (χ4v) is 4.46. The van der Waals surface area contributed by atoms with Crippen molar-refractivity contribution >= 4 is 29.0 Å². The van der Waals surface area contributed by atoms with Crippen molar-refractivity contribution < 1.29 is 27.8 Å². The summed E-state index contributed by atoms with van der Waals surface area (Å²) in [7, 11) is 3.20. The fraction of sp³-hybridized carbons (Fsp3) is 0.345. The van der Waals surface area contributed by atoms with Gasteiger partial charge in [-0.05, 0) is 54.8 Å². The predicted octanol–water partition coefficient (Wildman–Crippen LogP) is 4.39. The molecule has 218 valence electrons. The highest BCUT2D eigenvalue weighted by Gasteiger charge is 2.44. The molecule has 2 aromatic carbocycles. The molecule has 1 aliphatic rings. The number of H-pyrrole nitrogens is 1. The van der Waals surface area contributed by atoms with E-state index in [0.717, 1.165) is 17.3 Å². The van der Waals surface area contributed by atoms with E-state index in [1.54, 1.807) is 44.6 Å². The molecule has 0 atom stereocenters. The number of halogens is 2. The van der Waals surface area contributed by atoms with Crippen LogP contribution in [0, 0.1) is 0 Å². The van der Waals surface area contributed by atoms with Crippen molar-refractivity contribution in [3.05, 3.63) is 71.9 Å². The number of nitrogens with one attached hydrogen (secondary N) is 5. The average molecular weight is 569 g/mol. The van der Waals surface area contributed by atoms with E-state index in [1.807, 2.05) is 12.1 Å². The Balaban J connectivity index is 1.35. The first-order valence-corrected chi connectivity index (χ1v) is 13.2.